The van der Waals surface area contributed by atoms with E-state index in [2.05, 4.69) is 0 Å². The average molecular weight is 208 g/mol. The molecule has 0 heterocycles. The Kier molecular flexibility index (Phi) is 40.6. The summed E-state index contributed by atoms with van der Waals surface area (Å²) in [4.78, 5) is 0. The van der Waals surface area contributed by atoms with E-state index in [0.29, 0.717) is 19.7 Å². The second-order valence-corrected chi connectivity index (χ2v) is 2.59. The zero-order valence-electron chi connectivity index (χ0n) is 9.41. The van der Waals surface area contributed by atoms with E-state index >= 15 is 0 Å². The lowest BCUT2D eigenvalue weighted by molar-refractivity contribution is 0.295. The van der Waals surface area contributed by atoms with Crippen LogP contribution in [-0.2, 0) is 0 Å². The summed E-state index contributed by atoms with van der Waals surface area (Å²) in [5, 5.41) is 7.88. The molecule has 5 heteroatoms. The number of nitrogens with two attached hydrogens (primary N) is 4. The second-order valence-electron chi connectivity index (χ2n) is 2.59. The van der Waals surface area contributed by atoms with Gasteiger partial charge in [0.1, 0.15) is 0 Å². The van der Waals surface area contributed by atoms with Crippen molar-refractivity contribution in [2.24, 2.45) is 22.9 Å². The van der Waals surface area contributed by atoms with Gasteiger partial charge in [0.15, 0.2) is 0 Å². The molecule has 0 atom stereocenters. The van der Waals surface area contributed by atoms with Crippen LogP contribution < -0.4 is 22.9 Å². The minimum Gasteiger partial charge on any atom is -0.396 e. The molecule has 0 fully saturated rings. The molecule has 0 bridgehead atoms. The SMILES string of the molecule is CCCO.NCCCCN.NCCN. The molecular weight excluding hydrogens is 180 g/mol. The van der Waals surface area contributed by atoms with Gasteiger partial charge in [-0.15, -0.1) is 0 Å². The van der Waals surface area contributed by atoms with Crippen LogP contribution in [0.4, 0.5) is 0 Å². The smallest absolute Gasteiger partial charge is 0.0428 e. The van der Waals surface area contributed by atoms with Gasteiger partial charge in [-0.25, -0.2) is 0 Å². The summed E-state index contributed by atoms with van der Waals surface area (Å²) >= 11 is 0. The van der Waals surface area contributed by atoms with Crippen LogP contribution >= 0.6 is 0 Å². The molecule has 0 aromatic carbocycles. The maximum atomic E-state index is 7.88. The Morgan fingerprint density at radius 1 is 0.786 bits per heavy atom. The van der Waals surface area contributed by atoms with Gasteiger partial charge in [0, 0.05) is 19.7 Å². The van der Waals surface area contributed by atoms with Gasteiger partial charge in [-0.1, -0.05) is 6.92 Å². The van der Waals surface area contributed by atoms with Crippen molar-refractivity contribution in [2.75, 3.05) is 32.8 Å². The lowest BCUT2D eigenvalue weighted by Crippen LogP contribution is -2.11. The van der Waals surface area contributed by atoms with Gasteiger partial charge in [0.05, 0.1) is 0 Å². The minimum atomic E-state index is 0.319. The molecule has 0 saturated carbocycles. The van der Waals surface area contributed by atoms with Crippen molar-refractivity contribution >= 4 is 0 Å². The van der Waals surface area contributed by atoms with Crippen LogP contribution in [0.1, 0.15) is 26.2 Å². The Morgan fingerprint density at radius 3 is 1.14 bits per heavy atom. The summed E-state index contributed by atoms with van der Waals surface area (Å²) < 4.78 is 0. The van der Waals surface area contributed by atoms with E-state index in [1.807, 2.05) is 6.92 Å². The van der Waals surface area contributed by atoms with Gasteiger partial charge < -0.3 is 28.0 Å². The number of aliphatic hydroxyl groups excluding tert-OH is 1. The molecule has 0 rings (SSSR count). The first-order valence-corrected chi connectivity index (χ1v) is 5.16. The molecular formula is C9H28N4O. The van der Waals surface area contributed by atoms with Gasteiger partial charge in [-0.3, -0.25) is 0 Å². The van der Waals surface area contributed by atoms with E-state index in [4.69, 9.17) is 28.0 Å². The van der Waals surface area contributed by atoms with Crippen molar-refractivity contribution < 1.29 is 5.11 Å². The Bertz CT molecular complexity index is 52.8. The van der Waals surface area contributed by atoms with E-state index in [-0.39, 0.29) is 0 Å². The summed E-state index contributed by atoms with van der Waals surface area (Å²) in [6.45, 7) is 4.99. The molecule has 0 aliphatic heterocycles. The maximum absolute atomic E-state index is 7.88. The molecule has 0 unspecified atom stereocenters. The molecule has 5 nitrogen and oxygen atoms in total. The highest BCUT2D eigenvalue weighted by molar-refractivity contribution is 4.38. The van der Waals surface area contributed by atoms with Crippen molar-refractivity contribution in [1.29, 1.82) is 0 Å². The molecule has 0 aliphatic rings. The summed E-state index contributed by atoms with van der Waals surface area (Å²) in [5.74, 6) is 0. The van der Waals surface area contributed by atoms with Gasteiger partial charge in [0.25, 0.3) is 0 Å². The van der Waals surface area contributed by atoms with Crippen LogP contribution in [0.2, 0.25) is 0 Å². The highest BCUT2D eigenvalue weighted by atomic mass is 16.2. The van der Waals surface area contributed by atoms with Gasteiger partial charge in [-0.05, 0) is 32.4 Å². The molecule has 0 aromatic rings. The van der Waals surface area contributed by atoms with Crippen molar-refractivity contribution in [1.82, 2.24) is 0 Å². The predicted octanol–water partition coefficient (Wildman–Crippen LogP) is -1.02. The molecule has 0 radical (unpaired) electrons. The third kappa shape index (κ3) is 59.7. The zero-order chi connectivity index (χ0) is 11.7. The number of hydrogen-bond donors (Lipinski definition) is 5. The largest absolute Gasteiger partial charge is 0.396 e. The topological polar surface area (TPSA) is 124 Å². The highest BCUT2D eigenvalue weighted by Crippen LogP contribution is 1.77. The molecule has 90 valence electrons. The molecule has 9 N–H and O–H groups in total. The first-order chi connectivity index (χ1) is 6.74. The fourth-order valence-electron chi connectivity index (χ4n) is 0.289. The Hall–Kier alpha value is -0.200. The van der Waals surface area contributed by atoms with Crippen LogP contribution in [0.3, 0.4) is 0 Å². The van der Waals surface area contributed by atoms with Crippen LogP contribution in [0.5, 0.6) is 0 Å². The highest BCUT2D eigenvalue weighted by Gasteiger charge is 1.75. The summed E-state index contributed by atoms with van der Waals surface area (Å²) in [6.07, 6.45) is 3.01. The Morgan fingerprint density at radius 2 is 1.07 bits per heavy atom. The molecule has 14 heavy (non-hydrogen) atoms. The van der Waals surface area contributed by atoms with Gasteiger partial charge in [0.2, 0.25) is 0 Å². The third-order valence-corrected chi connectivity index (χ3v) is 1.05. The van der Waals surface area contributed by atoms with Crippen molar-refractivity contribution in [2.45, 2.75) is 26.2 Å². The molecule has 0 amide bonds. The minimum absolute atomic E-state index is 0.319. The Balaban J connectivity index is -0.000000135. The van der Waals surface area contributed by atoms with E-state index < -0.39 is 0 Å². The average Bonchev–Trinajstić information content (AvgIpc) is 2.27. The van der Waals surface area contributed by atoms with Crippen LogP contribution in [-0.4, -0.2) is 37.9 Å². The fraction of sp³-hybridized carbons (Fsp3) is 1.00. The number of rotatable bonds is 5. The zero-order valence-corrected chi connectivity index (χ0v) is 9.41. The quantitative estimate of drug-likeness (QED) is 0.370. The lowest BCUT2D eigenvalue weighted by atomic mass is 10.3. The number of hydrogen-bond acceptors (Lipinski definition) is 5. The van der Waals surface area contributed by atoms with E-state index in [1.165, 1.54) is 0 Å². The predicted molar refractivity (Wildman–Crippen MR) is 62.8 cm³/mol. The Labute approximate surface area is 87.8 Å². The summed E-state index contributed by atoms with van der Waals surface area (Å²) in [5.41, 5.74) is 20.1. The molecule has 0 saturated heterocycles. The van der Waals surface area contributed by atoms with Gasteiger partial charge in [-0.2, -0.15) is 0 Å². The standard InChI is InChI=1S/C4H12N2.C3H8O.C2H8N2/c5-3-1-2-4-6;1-2-3-4;3-1-2-4/h1-6H2;4H,2-3H2,1H3;1-4H2. The van der Waals surface area contributed by atoms with E-state index in [1.54, 1.807) is 0 Å². The number of unbranched alkanes of at least 4 members (excludes halogenated alkanes) is 1. The monoisotopic (exact) mass is 208 g/mol. The molecule has 0 aliphatic carbocycles. The molecule has 0 aromatic heterocycles. The normalized spacial score (nSPS) is 8.14. The van der Waals surface area contributed by atoms with Crippen molar-refractivity contribution in [3.05, 3.63) is 0 Å². The third-order valence-electron chi connectivity index (χ3n) is 1.05. The second kappa shape index (κ2) is 29.3. The number of aliphatic hydroxyl groups is 1. The summed E-state index contributed by atoms with van der Waals surface area (Å²) in [6, 6.07) is 0. The van der Waals surface area contributed by atoms with Crippen LogP contribution in [0.15, 0.2) is 0 Å². The van der Waals surface area contributed by atoms with Crippen LogP contribution in [0.25, 0.3) is 0 Å². The van der Waals surface area contributed by atoms with Crippen LogP contribution in [0, 0.1) is 0 Å². The molecule has 0 spiro atoms. The first kappa shape index (κ1) is 19.4. The van der Waals surface area contributed by atoms with E-state index in [0.717, 1.165) is 32.4 Å². The lowest BCUT2D eigenvalue weighted by Gasteiger charge is -1.87. The summed E-state index contributed by atoms with van der Waals surface area (Å²) in [7, 11) is 0. The van der Waals surface area contributed by atoms with Gasteiger partial charge >= 0.3 is 0 Å². The van der Waals surface area contributed by atoms with Crippen molar-refractivity contribution in [3.63, 3.8) is 0 Å². The fourth-order valence-corrected chi connectivity index (χ4v) is 0.289. The van der Waals surface area contributed by atoms with Crippen molar-refractivity contribution in [3.8, 4) is 0 Å². The first-order valence-electron chi connectivity index (χ1n) is 5.16. The van der Waals surface area contributed by atoms with E-state index in [9.17, 15) is 0 Å². The maximum Gasteiger partial charge on any atom is 0.0428 e.